The van der Waals surface area contributed by atoms with E-state index in [1.54, 1.807) is 14.2 Å². The van der Waals surface area contributed by atoms with Crippen LogP contribution in [0.25, 0.3) is 5.70 Å². The van der Waals surface area contributed by atoms with Gasteiger partial charge in [-0.15, -0.1) is 0 Å². The quantitative estimate of drug-likeness (QED) is 0.570. The van der Waals surface area contributed by atoms with Gasteiger partial charge in [0.1, 0.15) is 5.75 Å². The maximum atomic E-state index is 13.5. The zero-order valence-corrected chi connectivity index (χ0v) is 20.7. The van der Waals surface area contributed by atoms with Crippen LogP contribution in [-0.2, 0) is 11.2 Å². The summed E-state index contributed by atoms with van der Waals surface area (Å²) in [6.45, 7) is 7.87. The Balaban J connectivity index is 1.67. The van der Waals surface area contributed by atoms with E-state index in [0.29, 0.717) is 13.0 Å². The van der Waals surface area contributed by atoms with Gasteiger partial charge in [0.15, 0.2) is 17.3 Å². The number of hydrogen-bond acceptors (Lipinski definition) is 5. The summed E-state index contributed by atoms with van der Waals surface area (Å²) in [7, 11) is 3.35. The van der Waals surface area contributed by atoms with E-state index in [2.05, 4.69) is 49.1 Å². The first-order chi connectivity index (χ1) is 16.3. The van der Waals surface area contributed by atoms with E-state index >= 15 is 0 Å². The molecule has 5 nitrogen and oxygen atoms in total. The van der Waals surface area contributed by atoms with Gasteiger partial charge in [-0.25, -0.2) is 0 Å². The first kappa shape index (κ1) is 22.6. The van der Waals surface area contributed by atoms with Crippen LogP contribution in [0, 0.1) is 5.41 Å². The molecule has 0 spiro atoms. The van der Waals surface area contributed by atoms with Gasteiger partial charge >= 0.3 is 0 Å². The maximum absolute atomic E-state index is 13.5. The van der Waals surface area contributed by atoms with Crippen LogP contribution in [0.5, 0.6) is 17.2 Å². The molecule has 0 fully saturated rings. The van der Waals surface area contributed by atoms with Gasteiger partial charge in [-0.05, 0) is 66.6 Å². The molecule has 0 saturated heterocycles. The fourth-order valence-electron chi connectivity index (χ4n) is 5.66. The summed E-state index contributed by atoms with van der Waals surface area (Å²) in [5.41, 5.74) is 6.75. The lowest BCUT2D eigenvalue weighted by atomic mass is 9.69. The molecule has 2 aromatic rings. The Morgan fingerprint density at radius 2 is 1.74 bits per heavy atom. The van der Waals surface area contributed by atoms with Gasteiger partial charge in [-0.2, -0.15) is 0 Å². The van der Waals surface area contributed by atoms with E-state index in [4.69, 9.17) is 14.2 Å². The van der Waals surface area contributed by atoms with E-state index < -0.39 is 0 Å². The Hall–Kier alpha value is -3.21. The number of ether oxygens (including phenoxy) is 3. The first-order valence-corrected chi connectivity index (χ1v) is 12.1. The summed E-state index contributed by atoms with van der Waals surface area (Å²) in [5, 5.41) is 0. The molecular formula is C29H33NO4. The van der Waals surface area contributed by atoms with Crippen LogP contribution < -0.4 is 14.2 Å². The largest absolute Gasteiger partial charge is 0.494 e. The van der Waals surface area contributed by atoms with Crippen molar-refractivity contribution in [2.75, 3.05) is 27.4 Å². The zero-order valence-electron chi connectivity index (χ0n) is 20.7. The second kappa shape index (κ2) is 8.53. The lowest BCUT2D eigenvalue weighted by Gasteiger charge is -2.46. The summed E-state index contributed by atoms with van der Waals surface area (Å²) in [5.74, 6) is 2.50. The summed E-state index contributed by atoms with van der Waals surface area (Å²) in [6.07, 6.45) is 4.64. The number of Topliss-reactive ketones (excluding diaryl/α,β-unsaturated/α-hetero) is 1. The zero-order chi connectivity index (χ0) is 24.0. The summed E-state index contributed by atoms with van der Waals surface area (Å²) >= 11 is 0. The smallest absolute Gasteiger partial charge is 0.162 e. The van der Waals surface area contributed by atoms with Gasteiger partial charge in [0.25, 0.3) is 0 Å². The van der Waals surface area contributed by atoms with Crippen molar-refractivity contribution in [1.29, 1.82) is 0 Å². The highest BCUT2D eigenvalue weighted by Gasteiger charge is 2.42. The standard InChI is InChI=1S/C29H33NO4/c1-6-34-20-9-7-18(8-10-20)22-14-23-21-15-27(33-5)26(32-4)13-19(21)11-12-30(23)24-16-29(2,3)17-25(31)28(22)24/h7-10,13-15,22H,6,11-12,16-17H2,1-5H3/t22-/m1/s1. The molecule has 3 aliphatic rings. The van der Waals surface area contributed by atoms with Crippen molar-refractivity contribution in [3.8, 4) is 17.2 Å². The molecule has 5 rings (SSSR count). The molecule has 178 valence electrons. The molecule has 2 heterocycles. The molecule has 0 aromatic heterocycles. The van der Waals surface area contributed by atoms with Gasteiger partial charge in [0.2, 0.25) is 0 Å². The van der Waals surface area contributed by atoms with Crippen LogP contribution in [0.1, 0.15) is 56.2 Å². The molecule has 0 N–H and O–H groups in total. The Kier molecular flexibility index (Phi) is 5.67. The second-order valence-electron chi connectivity index (χ2n) is 10.1. The van der Waals surface area contributed by atoms with E-state index in [0.717, 1.165) is 59.0 Å². The van der Waals surface area contributed by atoms with Crippen LogP contribution in [-0.4, -0.2) is 38.1 Å². The average Bonchev–Trinajstić information content (AvgIpc) is 2.82. The van der Waals surface area contributed by atoms with E-state index in [1.165, 1.54) is 11.3 Å². The van der Waals surface area contributed by atoms with Crippen molar-refractivity contribution in [3.05, 3.63) is 70.4 Å². The highest BCUT2D eigenvalue weighted by atomic mass is 16.5. The lowest BCUT2D eigenvalue weighted by Crippen LogP contribution is -2.40. The number of nitrogens with zero attached hydrogens (tertiary/aromatic N) is 1. The third-order valence-corrected chi connectivity index (χ3v) is 7.19. The van der Waals surface area contributed by atoms with Crippen LogP contribution in [0.15, 0.2) is 53.7 Å². The molecule has 34 heavy (non-hydrogen) atoms. The van der Waals surface area contributed by atoms with Gasteiger partial charge in [0, 0.05) is 41.4 Å². The topological polar surface area (TPSA) is 48.0 Å². The summed E-state index contributed by atoms with van der Waals surface area (Å²) in [6, 6.07) is 12.4. The fourth-order valence-corrected chi connectivity index (χ4v) is 5.66. The second-order valence-corrected chi connectivity index (χ2v) is 10.1. The lowest BCUT2D eigenvalue weighted by molar-refractivity contribution is -0.118. The van der Waals surface area contributed by atoms with Crippen molar-refractivity contribution in [3.63, 3.8) is 0 Å². The van der Waals surface area contributed by atoms with Crippen molar-refractivity contribution >= 4 is 11.5 Å². The van der Waals surface area contributed by atoms with E-state index in [9.17, 15) is 4.79 Å². The Morgan fingerprint density at radius 3 is 2.41 bits per heavy atom. The molecule has 1 atom stereocenters. The average molecular weight is 460 g/mol. The molecular weight excluding hydrogens is 426 g/mol. The van der Waals surface area contributed by atoms with Crippen LogP contribution >= 0.6 is 0 Å². The molecule has 0 radical (unpaired) electrons. The summed E-state index contributed by atoms with van der Waals surface area (Å²) < 4.78 is 16.9. The monoisotopic (exact) mass is 459 g/mol. The van der Waals surface area contributed by atoms with Crippen LogP contribution in [0.2, 0.25) is 0 Å². The number of rotatable bonds is 5. The summed E-state index contributed by atoms with van der Waals surface area (Å²) in [4.78, 5) is 15.9. The van der Waals surface area contributed by atoms with Crippen molar-refractivity contribution in [1.82, 2.24) is 4.90 Å². The number of allylic oxidation sites excluding steroid dienone is 3. The van der Waals surface area contributed by atoms with Crippen molar-refractivity contribution in [2.45, 2.75) is 46.0 Å². The number of ketones is 1. The molecule has 0 saturated carbocycles. The van der Waals surface area contributed by atoms with Crippen LogP contribution in [0.3, 0.4) is 0 Å². The minimum Gasteiger partial charge on any atom is -0.494 e. The van der Waals surface area contributed by atoms with Crippen molar-refractivity contribution in [2.24, 2.45) is 5.41 Å². The predicted octanol–water partition coefficient (Wildman–Crippen LogP) is 5.74. The third-order valence-electron chi connectivity index (χ3n) is 7.19. The maximum Gasteiger partial charge on any atom is 0.162 e. The van der Waals surface area contributed by atoms with Gasteiger partial charge in [-0.3, -0.25) is 4.79 Å². The fraction of sp³-hybridized carbons (Fsp3) is 0.414. The SMILES string of the molecule is CCOc1ccc([C@H]2C=C3c4cc(OC)c(OC)cc4CCN3C3=C2C(=O)CC(C)(C)C3)cc1. The predicted molar refractivity (Wildman–Crippen MR) is 133 cm³/mol. The number of methoxy groups -OCH3 is 2. The van der Waals surface area contributed by atoms with Crippen LogP contribution in [0.4, 0.5) is 0 Å². The Bertz CT molecular complexity index is 1190. The molecule has 0 amide bonds. The molecule has 1 aliphatic carbocycles. The normalized spacial score (nSPS) is 20.7. The number of benzene rings is 2. The van der Waals surface area contributed by atoms with E-state index in [1.807, 2.05) is 19.1 Å². The number of carbonyl (C=O) groups excluding carboxylic acids is 1. The molecule has 2 aromatic carbocycles. The van der Waals surface area contributed by atoms with Gasteiger partial charge in [0.05, 0.1) is 20.8 Å². The van der Waals surface area contributed by atoms with Crippen molar-refractivity contribution < 1.29 is 19.0 Å². The molecule has 0 bridgehead atoms. The molecule has 2 aliphatic heterocycles. The van der Waals surface area contributed by atoms with Gasteiger partial charge < -0.3 is 19.1 Å². The van der Waals surface area contributed by atoms with Gasteiger partial charge in [-0.1, -0.05) is 26.0 Å². The molecule has 0 unspecified atom stereocenters. The van der Waals surface area contributed by atoms with E-state index in [-0.39, 0.29) is 17.1 Å². The number of fused-ring (bicyclic) bond motifs is 4. The first-order valence-electron chi connectivity index (χ1n) is 12.1. The highest BCUT2D eigenvalue weighted by molar-refractivity contribution is 6.01. The third kappa shape index (κ3) is 3.77. The minimum atomic E-state index is -0.0837. The molecule has 5 heteroatoms. The number of hydrogen-bond donors (Lipinski definition) is 0. The Labute approximate surface area is 202 Å². The number of carbonyl (C=O) groups is 1. The Morgan fingerprint density at radius 1 is 1.03 bits per heavy atom. The highest BCUT2D eigenvalue weighted by Crippen LogP contribution is 2.51. The minimum absolute atomic E-state index is 0.0559.